The summed E-state index contributed by atoms with van der Waals surface area (Å²) in [4.78, 5) is 36.0. The van der Waals surface area contributed by atoms with E-state index in [0.29, 0.717) is 18.9 Å². The molecule has 144 valence electrons. The number of carboxylic acid groups (broad SMARTS) is 1. The molecule has 0 saturated carbocycles. The van der Waals surface area contributed by atoms with Crippen molar-refractivity contribution in [2.45, 2.75) is 13.8 Å². The van der Waals surface area contributed by atoms with Crippen molar-refractivity contribution in [3.63, 3.8) is 0 Å². The fourth-order valence-corrected chi connectivity index (χ4v) is 1.63. The fourth-order valence-electron chi connectivity index (χ4n) is 1.36. The highest BCUT2D eigenvalue weighted by Crippen LogP contribution is 2.08. The molecule has 0 unspecified atom stereocenters. The molecule has 0 fully saturated rings. The number of methoxy groups -OCH3 is 1. The number of carbonyl (C=O) groups is 2. The van der Waals surface area contributed by atoms with Crippen LogP contribution in [0.5, 0.6) is 0 Å². The first-order valence-electron chi connectivity index (χ1n) is 7.06. The molecular weight excluding hydrogens is 412 g/mol. The summed E-state index contributed by atoms with van der Waals surface area (Å²) in [5.74, 6) is -1.59. The molecule has 0 spiro atoms. The van der Waals surface area contributed by atoms with E-state index < -0.39 is 11.9 Å². The Labute approximate surface area is 186 Å². The van der Waals surface area contributed by atoms with E-state index in [1.54, 1.807) is 20.9 Å². The third-order valence-electron chi connectivity index (χ3n) is 2.47. The standard InChI is InChI=1S/C7H7ClN2O2.C6H5ClN2O2.B3H3.B3/c1-4-3-9-7(8)10-5(4)6(11)12-2;1-3-2-8-6(7)9-4(3)5(10)11;2*1-3-2/h3H,1-2H3;2H,1H3,(H,10,11);1H3;/q;;-1;. The van der Waals surface area contributed by atoms with Gasteiger partial charge in [-0.3, -0.25) is 0 Å². The largest absolute Gasteiger partial charge is 0.476 e. The maximum atomic E-state index is 11.0. The van der Waals surface area contributed by atoms with Crippen molar-refractivity contribution in [1.29, 1.82) is 0 Å². The van der Waals surface area contributed by atoms with Crippen LogP contribution < -0.4 is 0 Å². The van der Waals surface area contributed by atoms with Crippen molar-refractivity contribution in [1.82, 2.24) is 19.9 Å². The zero-order valence-corrected chi connectivity index (χ0v) is 16.8. The van der Waals surface area contributed by atoms with Crippen LogP contribution in [0.25, 0.3) is 0 Å². The predicted octanol–water partition coefficient (Wildman–Crippen LogP) is -0.726. The minimum atomic E-state index is -1.09. The third kappa shape index (κ3) is 13.0. The van der Waals surface area contributed by atoms with Gasteiger partial charge in [-0.1, -0.05) is 7.74 Å². The number of carboxylic acids is 1. The quantitative estimate of drug-likeness (QED) is 0.379. The van der Waals surface area contributed by atoms with Crippen molar-refractivity contribution < 1.29 is 19.4 Å². The van der Waals surface area contributed by atoms with Crippen LogP contribution >= 0.6 is 23.2 Å². The van der Waals surface area contributed by atoms with Gasteiger partial charge in [0.25, 0.3) is 0 Å². The smallest absolute Gasteiger partial charge is 0.357 e. The molecule has 0 saturated heterocycles. The molecule has 1 N–H and O–H groups in total. The third-order valence-corrected chi connectivity index (χ3v) is 2.83. The minimum Gasteiger partial charge on any atom is -0.476 e. The summed E-state index contributed by atoms with van der Waals surface area (Å²) in [5, 5.41) is 8.54. The SMILES string of the molecule is COC(=O)c1nc(Cl)ncc1C.Cc1cnc(Cl)nc1C(=O)O.[B][B][BH3-].[B][B][B]. The van der Waals surface area contributed by atoms with Crippen LogP contribution in [0.4, 0.5) is 0 Å². The van der Waals surface area contributed by atoms with Gasteiger partial charge in [0.2, 0.25) is 10.6 Å². The molecule has 0 amide bonds. The van der Waals surface area contributed by atoms with Gasteiger partial charge >= 0.3 is 11.9 Å². The lowest BCUT2D eigenvalue weighted by Crippen LogP contribution is -2.07. The second-order valence-electron chi connectivity index (χ2n) is 4.33. The van der Waals surface area contributed by atoms with Crippen molar-refractivity contribution in [3.8, 4) is 0 Å². The average molecular weight is 427 g/mol. The lowest BCUT2D eigenvalue weighted by molar-refractivity contribution is 0.0592. The van der Waals surface area contributed by atoms with E-state index in [1.165, 1.54) is 19.5 Å². The van der Waals surface area contributed by atoms with Crippen LogP contribution in [0.15, 0.2) is 12.4 Å². The monoisotopic (exact) mass is 427 g/mol. The first-order valence-corrected chi connectivity index (χ1v) is 7.81. The van der Waals surface area contributed by atoms with Gasteiger partial charge in [-0.2, -0.15) is 7.06 Å². The van der Waals surface area contributed by atoms with Crippen LogP contribution in [0, 0.1) is 13.8 Å². The van der Waals surface area contributed by atoms with Crippen molar-refractivity contribution in [2.75, 3.05) is 7.11 Å². The summed E-state index contributed by atoms with van der Waals surface area (Å²) in [6.07, 6.45) is 2.85. The minimum absolute atomic E-state index is 0.0426. The van der Waals surface area contributed by atoms with Crippen LogP contribution in [0.2, 0.25) is 10.6 Å². The first kappa shape index (κ1) is 29.3. The number of carbonyl (C=O) groups excluding carboxylic acids is 1. The molecule has 2 rings (SSSR count). The highest BCUT2D eigenvalue weighted by Gasteiger charge is 2.11. The summed E-state index contributed by atoms with van der Waals surface area (Å²) < 4.78 is 4.48. The molecule has 0 aliphatic carbocycles. The summed E-state index contributed by atoms with van der Waals surface area (Å²) in [6, 6.07) is 0. The molecule has 0 bridgehead atoms. The highest BCUT2D eigenvalue weighted by molar-refractivity contribution is 7.17. The van der Waals surface area contributed by atoms with E-state index in [-0.39, 0.29) is 22.0 Å². The molecule has 8 nitrogen and oxygen atoms in total. The van der Waals surface area contributed by atoms with Crippen LogP contribution in [0.1, 0.15) is 32.1 Å². The Morgan fingerprint density at radius 2 is 1.38 bits per heavy atom. The molecule has 29 heavy (non-hydrogen) atoms. The number of ether oxygens (including phenoxy) is 1. The molecule has 2 heterocycles. The number of aromatic nitrogens is 4. The van der Waals surface area contributed by atoms with Gasteiger partial charge in [0.15, 0.2) is 11.4 Å². The van der Waals surface area contributed by atoms with E-state index in [9.17, 15) is 9.59 Å². The number of nitrogens with zero attached hydrogens (tertiary/aromatic N) is 4. The van der Waals surface area contributed by atoms with Crippen LogP contribution in [0.3, 0.4) is 0 Å². The summed E-state index contributed by atoms with van der Waals surface area (Å²) >= 11 is 10.9. The second-order valence-corrected chi connectivity index (χ2v) is 5.01. The van der Waals surface area contributed by atoms with Gasteiger partial charge in [-0.25, -0.2) is 29.5 Å². The second kappa shape index (κ2) is 17.0. The zero-order chi connectivity index (χ0) is 23.0. The van der Waals surface area contributed by atoms with Gasteiger partial charge in [0.1, 0.15) is 0 Å². The van der Waals surface area contributed by atoms with Crippen molar-refractivity contribution >= 4 is 80.2 Å². The Balaban J connectivity index is 0. The molecule has 0 aliphatic rings. The number of aromatic carboxylic acids is 1. The predicted molar refractivity (Wildman–Crippen MR) is 121 cm³/mol. The Bertz CT molecular complexity index is 789. The Morgan fingerprint density at radius 3 is 1.69 bits per heavy atom. The first-order chi connectivity index (χ1) is 13.6. The van der Waals surface area contributed by atoms with E-state index in [2.05, 4.69) is 40.1 Å². The number of hydrogen-bond acceptors (Lipinski definition) is 7. The lowest BCUT2D eigenvalue weighted by atomic mass is 9.40. The van der Waals surface area contributed by atoms with E-state index >= 15 is 0 Å². The Morgan fingerprint density at radius 1 is 1.03 bits per heavy atom. The number of aryl methyl sites for hydroxylation is 2. The molecule has 0 aromatic carbocycles. The Kier molecular flexibility index (Phi) is 17.1. The molecule has 8 radical (unpaired) electrons. The fraction of sp³-hybridized carbons (Fsp3) is 0.231. The number of esters is 1. The molecular formula is C13H15B6Cl2N4O4-. The number of rotatable bonds is 2. The molecule has 0 atom stereocenters. The highest BCUT2D eigenvalue weighted by atomic mass is 35.5. The molecule has 2 aromatic heterocycles. The van der Waals surface area contributed by atoms with Gasteiger partial charge in [0, 0.05) is 46.1 Å². The van der Waals surface area contributed by atoms with Gasteiger partial charge in [-0.05, 0) is 44.8 Å². The van der Waals surface area contributed by atoms with Crippen molar-refractivity contribution in [2.24, 2.45) is 0 Å². The van der Waals surface area contributed by atoms with Crippen LogP contribution in [-0.2, 0) is 4.74 Å². The topological polar surface area (TPSA) is 115 Å². The Hall–Kier alpha value is -1.93. The summed E-state index contributed by atoms with van der Waals surface area (Å²) in [7, 11) is 18.3. The molecule has 0 aliphatic heterocycles. The molecule has 2 aromatic rings. The van der Waals surface area contributed by atoms with Crippen LogP contribution in [-0.4, -0.2) is 89.2 Å². The lowest BCUT2D eigenvalue weighted by Gasteiger charge is -2.00. The van der Waals surface area contributed by atoms with E-state index in [0.717, 1.165) is 7.06 Å². The van der Waals surface area contributed by atoms with E-state index in [1.807, 2.05) is 0 Å². The van der Waals surface area contributed by atoms with Gasteiger partial charge in [0.05, 0.1) is 7.11 Å². The summed E-state index contributed by atoms with van der Waals surface area (Å²) in [6.45, 7) is 3.32. The number of halogens is 2. The normalized spacial score (nSPS) is 8.48. The number of hydrogen-bond donors (Lipinski definition) is 1. The zero-order valence-electron chi connectivity index (χ0n) is 15.3. The maximum Gasteiger partial charge on any atom is 0.357 e. The molecule has 16 heteroatoms. The summed E-state index contributed by atoms with van der Waals surface area (Å²) in [5.41, 5.74) is 1.30. The van der Waals surface area contributed by atoms with Gasteiger partial charge < -0.3 is 9.84 Å². The van der Waals surface area contributed by atoms with Gasteiger partial charge in [-0.15, -0.1) is 0 Å². The van der Waals surface area contributed by atoms with Crippen molar-refractivity contribution in [3.05, 3.63) is 45.5 Å². The average Bonchev–Trinajstić information content (AvgIpc) is 2.66. The van der Waals surface area contributed by atoms with E-state index in [4.69, 9.17) is 36.0 Å². The maximum absolute atomic E-state index is 11.0.